The van der Waals surface area contributed by atoms with Crippen molar-refractivity contribution in [2.45, 2.75) is 24.9 Å². The van der Waals surface area contributed by atoms with Crippen molar-refractivity contribution in [3.05, 3.63) is 95.7 Å². The molecule has 4 N–H and O–H groups in total. The number of benzene rings is 2. The highest BCUT2D eigenvalue weighted by atomic mass is 16.4. The van der Waals surface area contributed by atoms with E-state index in [0.29, 0.717) is 18.7 Å². The number of likely N-dealkylation sites (tertiary alicyclic amines) is 1. The Morgan fingerprint density at radius 2 is 1.64 bits per heavy atom. The van der Waals surface area contributed by atoms with Crippen LogP contribution in [0.25, 0.3) is 0 Å². The highest BCUT2D eigenvalue weighted by Gasteiger charge is 2.54. The molecule has 4 rings (SSSR count). The quantitative estimate of drug-likeness (QED) is 0.481. The number of carboxylic acid groups (broad SMARTS) is 1. The molecule has 1 aromatic heterocycles. The number of aryl methyl sites for hydroxylation is 1. The van der Waals surface area contributed by atoms with E-state index in [1.54, 1.807) is 18.3 Å². The number of nitrogens with zero attached hydrogens (tertiary/aromatic N) is 2. The van der Waals surface area contributed by atoms with E-state index in [1.165, 1.54) is 0 Å². The van der Waals surface area contributed by atoms with Gasteiger partial charge >= 0.3 is 12.0 Å². The van der Waals surface area contributed by atoms with Crippen LogP contribution in [0.3, 0.4) is 0 Å². The van der Waals surface area contributed by atoms with Gasteiger partial charge in [0.15, 0.2) is 6.04 Å². The van der Waals surface area contributed by atoms with Crippen LogP contribution >= 0.6 is 0 Å². The van der Waals surface area contributed by atoms with E-state index < -0.39 is 35.9 Å². The molecule has 0 unspecified atom stereocenters. The summed E-state index contributed by atoms with van der Waals surface area (Å²) in [5, 5.41) is 12.6. The number of carbonyl (C=O) groups is 3. The largest absolute Gasteiger partial charge is 0.480 e. The van der Waals surface area contributed by atoms with E-state index in [9.17, 15) is 19.5 Å². The number of β-lactam (4-membered cyclic amide) rings is 1. The fraction of sp³-hybridized carbons (Fsp3) is 0.200. The third-order valence-corrected chi connectivity index (χ3v) is 5.81. The number of hydrogen-bond donors (Lipinski definition) is 3. The van der Waals surface area contributed by atoms with Crippen LogP contribution < -0.4 is 11.1 Å². The van der Waals surface area contributed by atoms with Gasteiger partial charge in [0.1, 0.15) is 5.82 Å². The Morgan fingerprint density at radius 3 is 2.18 bits per heavy atom. The van der Waals surface area contributed by atoms with Crippen LogP contribution in [0.15, 0.2) is 79.0 Å². The molecule has 0 spiro atoms. The summed E-state index contributed by atoms with van der Waals surface area (Å²) < 4.78 is 0. The number of hydrogen-bond acceptors (Lipinski definition) is 5. The lowest BCUT2D eigenvalue weighted by atomic mass is 9.83. The van der Waals surface area contributed by atoms with Gasteiger partial charge in [0.25, 0.3) is 0 Å². The minimum atomic E-state index is -1.22. The zero-order valence-electron chi connectivity index (χ0n) is 17.8. The van der Waals surface area contributed by atoms with Crippen molar-refractivity contribution in [3.63, 3.8) is 0 Å². The van der Waals surface area contributed by atoms with Gasteiger partial charge in [-0.2, -0.15) is 0 Å². The Hall–Kier alpha value is -4.20. The monoisotopic (exact) mass is 444 g/mol. The number of imide groups is 1. The summed E-state index contributed by atoms with van der Waals surface area (Å²) in [5.74, 6) is -2.13. The first-order valence-electron chi connectivity index (χ1n) is 10.6. The molecule has 2 heterocycles. The average Bonchev–Trinajstić information content (AvgIpc) is 2.82. The van der Waals surface area contributed by atoms with E-state index in [4.69, 9.17) is 5.73 Å². The van der Waals surface area contributed by atoms with Gasteiger partial charge < -0.3 is 16.2 Å². The van der Waals surface area contributed by atoms with Gasteiger partial charge in [0, 0.05) is 6.20 Å². The van der Waals surface area contributed by atoms with Crippen LogP contribution in [-0.2, 0) is 16.0 Å². The molecule has 2 aromatic carbocycles. The lowest BCUT2D eigenvalue weighted by Gasteiger charge is -2.43. The van der Waals surface area contributed by atoms with Gasteiger partial charge in [-0.25, -0.2) is 19.5 Å². The minimum Gasteiger partial charge on any atom is -0.480 e. The van der Waals surface area contributed by atoms with Crippen molar-refractivity contribution in [3.8, 4) is 0 Å². The van der Waals surface area contributed by atoms with E-state index in [-0.39, 0.29) is 0 Å². The smallest absolute Gasteiger partial charge is 0.327 e. The van der Waals surface area contributed by atoms with Crippen LogP contribution in [0.2, 0.25) is 0 Å². The summed E-state index contributed by atoms with van der Waals surface area (Å²) in [4.78, 5) is 42.6. The topological polar surface area (TPSA) is 126 Å². The number of aliphatic carboxylic acids is 1. The molecule has 8 nitrogen and oxygen atoms in total. The van der Waals surface area contributed by atoms with Gasteiger partial charge in [-0.05, 0) is 41.7 Å². The molecule has 0 saturated carbocycles. The second kappa shape index (κ2) is 9.52. The Balaban J connectivity index is 1.50. The first kappa shape index (κ1) is 22.0. The number of rotatable bonds is 7. The molecule has 3 amide bonds. The Morgan fingerprint density at radius 1 is 1.03 bits per heavy atom. The number of urea groups is 1. The summed E-state index contributed by atoms with van der Waals surface area (Å²) in [5.41, 5.74) is 8.19. The fourth-order valence-electron chi connectivity index (χ4n) is 4.15. The maximum Gasteiger partial charge on any atom is 0.327 e. The van der Waals surface area contributed by atoms with Gasteiger partial charge in [0.2, 0.25) is 5.91 Å². The summed E-state index contributed by atoms with van der Waals surface area (Å²) in [6, 6.07) is 19.6. The van der Waals surface area contributed by atoms with Crippen LogP contribution in [0.5, 0.6) is 0 Å². The lowest BCUT2D eigenvalue weighted by molar-refractivity contribution is -0.166. The molecule has 1 fully saturated rings. The zero-order chi connectivity index (χ0) is 23.4. The second-order valence-electron chi connectivity index (χ2n) is 7.93. The number of nitrogen functional groups attached to an aromatic ring is 1. The lowest BCUT2D eigenvalue weighted by Crippen LogP contribution is -2.68. The second-order valence-corrected chi connectivity index (χ2v) is 7.93. The van der Waals surface area contributed by atoms with E-state index in [0.717, 1.165) is 21.6 Å². The molecule has 33 heavy (non-hydrogen) atoms. The SMILES string of the molecule is Nc1cc(CC[C@H]2C(=O)N(C(=O)NC(c3ccccc3)c3ccccc3)[C@@H]2C(=O)O)ccn1. The molecule has 0 bridgehead atoms. The first-order valence-corrected chi connectivity index (χ1v) is 10.6. The molecule has 168 valence electrons. The predicted molar refractivity (Wildman–Crippen MR) is 122 cm³/mol. The zero-order valence-corrected chi connectivity index (χ0v) is 17.8. The summed E-state index contributed by atoms with van der Waals surface area (Å²) in [6.45, 7) is 0. The van der Waals surface area contributed by atoms with Crippen LogP contribution in [0.1, 0.15) is 29.2 Å². The number of anilines is 1. The molecule has 2 atom stereocenters. The summed E-state index contributed by atoms with van der Waals surface area (Å²) in [6.07, 6.45) is 2.32. The van der Waals surface area contributed by atoms with Crippen LogP contribution in [0, 0.1) is 5.92 Å². The van der Waals surface area contributed by atoms with Crippen molar-refractivity contribution in [1.82, 2.24) is 15.2 Å². The van der Waals surface area contributed by atoms with Crippen molar-refractivity contribution >= 4 is 23.7 Å². The van der Waals surface area contributed by atoms with Gasteiger partial charge in [-0.1, -0.05) is 60.7 Å². The average molecular weight is 444 g/mol. The first-order chi connectivity index (χ1) is 16.0. The number of amides is 3. The molecular formula is C25H24N4O4. The predicted octanol–water partition coefficient (Wildman–Crippen LogP) is 3.01. The molecule has 1 aliphatic heterocycles. The number of nitrogens with one attached hydrogen (secondary N) is 1. The van der Waals surface area contributed by atoms with Gasteiger partial charge in [-0.15, -0.1) is 0 Å². The number of aromatic nitrogens is 1. The maximum atomic E-state index is 13.1. The van der Waals surface area contributed by atoms with Crippen molar-refractivity contribution in [2.24, 2.45) is 5.92 Å². The molecule has 8 heteroatoms. The fourth-order valence-corrected chi connectivity index (χ4v) is 4.15. The third-order valence-electron chi connectivity index (χ3n) is 5.81. The van der Waals surface area contributed by atoms with Gasteiger partial charge in [-0.3, -0.25) is 4.79 Å². The molecule has 1 saturated heterocycles. The van der Waals surface area contributed by atoms with Gasteiger partial charge in [0.05, 0.1) is 12.0 Å². The number of carboxylic acids is 1. The Kier molecular flexibility index (Phi) is 6.35. The van der Waals surface area contributed by atoms with Crippen molar-refractivity contribution < 1.29 is 19.5 Å². The van der Waals surface area contributed by atoms with Crippen molar-refractivity contribution in [1.29, 1.82) is 0 Å². The summed E-state index contributed by atoms with van der Waals surface area (Å²) >= 11 is 0. The van der Waals surface area contributed by atoms with E-state index in [1.807, 2.05) is 60.7 Å². The molecule has 0 aliphatic carbocycles. The summed E-state index contributed by atoms with van der Waals surface area (Å²) in [7, 11) is 0. The van der Waals surface area contributed by atoms with Crippen LogP contribution in [-0.4, -0.2) is 38.9 Å². The molecular weight excluding hydrogens is 420 g/mol. The molecule has 0 radical (unpaired) electrons. The highest BCUT2D eigenvalue weighted by Crippen LogP contribution is 2.32. The minimum absolute atomic E-state index is 0.295. The van der Waals surface area contributed by atoms with E-state index in [2.05, 4.69) is 10.3 Å². The Labute approximate surface area is 191 Å². The maximum absolute atomic E-state index is 13.1. The highest BCUT2D eigenvalue weighted by molar-refractivity contribution is 6.07. The van der Waals surface area contributed by atoms with Crippen molar-refractivity contribution in [2.75, 3.05) is 5.73 Å². The van der Waals surface area contributed by atoms with E-state index >= 15 is 0 Å². The molecule has 1 aliphatic rings. The molecule has 3 aromatic rings. The van der Waals surface area contributed by atoms with Crippen LogP contribution in [0.4, 0.5) is 10.6 Å². The standard InChI is InChI=1S/C25H24N4O4/c26-20-15-16(13-14-27-20)11-12-19-22(24(31)32)29(23(19)30)25(33)28-21(17-7-3-1-4-8-17)18-9-5-2-6-10-18/h1-10,13-15,19,21-22H,11-12H2,(H2,26,27)(H,28,33)(H,31,32)/t19-,22+/m1/s1. The number of nitrogens with two attached hydrogens (primary N) is 1. The number of carbonyl (C=O) groups excluding carboxylic acids is 2. The Bertz CT molecular complexity index is 1110. The third kappa shape index (κ3) is 4.69. The normalized spacial score (nSPS) is 17.5. The number of pyridine rings is 1.